The molecule has 1 aromatic rings. The van der Waals surface area contributed by atoms with Gasteiger partial charge in [-0.2, -0.15) is 0 Å². The van der Waals surface area contributed by atoms with E-state index in [0.717, 1.165) is 37.7 Å². The number of nitrogens with one attached hydrogen (secondary N) is 2. The topological polar surface area (TPSA) is 64.7 Å². The minimum atomic E-state index is -0.0863. The van der Waals surface area contributed by atoms with Crippen molar-refractivity contribution in [2.45, 2.75) is 50.6 Å². The van der Waals surface area contributed by atoms with Gasteiger partial charge < -0.3 is 10.6 Å². The lowest BCUT2D eigenvalue weighted by atomic mass is 10.1. The van der Waals surface area contributed by atoms with Gasteiger partial charge in [0.1, 0.15) is 0 Å². The van der Waals surface area contributed by atoms with Crippen molar-refractivity contribution in [3.05, 3.63) is 29.8 Å². The fourth-order valence-electron chi connectivity index (χ4n) is 4.47. The van der Waals surface area contributed by atoms with Crippen LogP contribution in [-0.2, 0) is 0 Å². The van der Waals surface area contributed by atoms with E-state index in [2.05, 4.69) is 15.5 Å². The number of benzene rings is 1. The molecule has 1 saturated carbocycles. The Hall–Kier alpha value is -2.08. The maximum Gasteiger partial charge on any atom is 0.321 e. The Balaban J connectivity index is 1.37. The molecular formula is C20H28N4O2. The van der Waals surface area contributed by atoms with Gasteiger partial charge in [0.25, 0.3) is 5.91 Å². The quantitative estimate of drug-likeness (QED) is 0.870. The predicted octanol–water partition coefficient (Wildman–Crippen LogP) is 2.35. The molecule has 3 aliphatic rings. The van der Waals surface area contributed by atoms with Gasteiger partial charge in [0.2, 0.25) is 0 Å². The van der Waals surface area contributed by atoms with Crippen LogP contribution in [-0.4, -0.2) is 55.1 Å². The zero-order valence-electron chi connectivity index (χ0n) is 15.2. The highest BCUT2D eigenvalue weighted by Gasteiger charge is 2.30. The Kier molecular flexibility index (Phi) is 5.11. The molecule has 0 aromatic heterocycles. The van der Waals surface area contributed by atoms with Crippen molar-refractivity contribution in [3.8, 4) is 0 Å². The number of carbonyl (C=O) groups is 2. The van der Waals surface area contributed by atoms with E-state index in [4.69, 9.17) is 0 Å². The number of amides is 3. The van der Waals surface area contributed by atoms with Crippen LogP contribution in [0.5, 0.6) is 0 Å². The van der Waals surface area contributed by atoms with Gasteiger partial charge in [-0.1, -0.05) is 18.9 Å². The minimum Gasteiger partial charge on any atom is -0.348 e. The molecule has 140 valence electrons. The van der Waals surface area contributed by atoms with Crippen LogP contribution < -0.4 is 15.5 Å². The number of hydrogen-bond acceptors (Lipinski definition) is 3. The molecule has 2 aliphatic heterocycles. The van der Waals surface area contributed by atoms with Crippen LogP contribution in [0.4, 0.5) is 10.5 Å². The molecule has 26 heavy (non-hydrogen) atoms. The Labute approximate surface area is 154 Å². The predicted molar refractivity (Wildman–Crippen MR) is 102 cm³/mol. The number of anilines is 1. The third kappa shape index (κ3) is 3.70. The lowest BCUT2D eigenvalue weighted by Gasteiger charge is -2.27. The molecule has 4 rings (SSSR count). The molecule has 0 spiro atoms. The Bertz CT molecular complexity index is 672. The van der Waals surface area contributed by atoms with Crippen LogP contribution in [0, 0.1) is 0 Å². The zero-order valence-corrected chi connectivity index (χ0v) is 15.2. The number of urea groups is 1. The van der Waals surface area contributed by atoms with Crippen molar-refractivity contribution >= 4 is 17.6 Å². The average Bonchev–Trinajstić information content (AvgIpc) is 3.34. The first-order valence-electron chi connectivity index (χ1n) is 9.91. The van der Waals surface area contributed by atoms with E-state index >= 15 is 0 Å². The number of hydrogen-bond donors (Lipinski definition) is 2. The summed E-state index contributed by atoms with van der Waals surface area (Å²) in [6.45, 7) is 3.46. The molecule has 3 amide bonds. The van der Waals surface area contributed by atoms with Gasteiger partial charge in [-0.05, 0) is 43.9 Å². The number of likely N-dealkylation sites (tertiary alicyclic amines) is 1. The maximum atomic E-state index is 12.7. The molecule has 6 heteroatoms. The number of rotatable bonds is 4. The van der Waals surface area contributed by atoms with Gasteiger partial charge in [-0.25, -0.2) is 4.79 Å². The second-order valence-corrected chi connectivity index (χ2v) is 7.68. The van der Waals surface area contributed by atoms with E-state index in [1.807, 2.05) is 24.3 Å². The molecular weight excluding hydrogens is 328 g/mol. The third-order valence-corrected chi connectivity index (χ3v) is 5.90. The molecule has 0 bridgehead atoms. The van der Waals surface area contributed by atoms with E-state index in [1.54, 1.807) is 4.90 Å². The van der Waals surface area contributed by atoms with Crippen molar-refractivity contribution in [2.75, 3.05) is 31.1 Å². The molecule has 3 fully saturated rings. The number of nitrogens with zero attached hydrogens (tertiary/aromatic N) is 2. The third-order valence-electron chi connectivity index (χ3n) is 5.90. The monoisotopic (exact) mass is 356 g/mol. The zero-order chi connectivity index (χ0) is 17.9. The van der Waals surface area contributed by atoms with E-state index in [0.29, 0.717) is 18.7 Å². The van der Waals surface area contributed by atoms with Gasteiger partial charge in [0.15, 0.2) is 0 Å². The van der Waals surface area contributed by atoms with Crippen LogP contribution in [0.3, 0.4) is 0 Å². The summed E-state index contributed by atoms with van der Waals surface area (Å²) in [5.74, 6) is -0.0393. The molecule has 2 saturated heterocycles. The number of carbonyl (C=O) groups excluding carboxylic acids is 2. The molecule has 1 atom stereocenters. The van der Waals surface area contributed by atoms with Gasteiger partial charge in [0.05, 0.1) is 0 Å². The molecule has 1 aliphatic carbocycles. The van der Waals surface area contributed by atoms with E-state index in [1.165, 1.54) is 25.7 Å². The highest BCUT2D eigenvalue weighted by Crippen LogP contribution is 2.26. The van der Waals surface area contributed by atoms with Crippen LogP contribution >= 0.6 is 0 Å². The van der Waals surface area contributed by atoms with E-state index in [-0.39, 0.29) is 18.0 Å². The summed E-state index contributed by atoms with van der Waals surface area (Å²) in [5, 5.41) is 6.04. The summed E-state index contributed by atoms with van der Waals surface area (Å²) in [7, 11) is 0. The summed E-state index contributed by atoms with van der Waals surface area (Å²) in [6, 6.07) is 8.25. The van der Waals surface area contributed by atoms with Crippen LogP contribution in [0.2, 0.25) is 0 Å². The lowest BCUT2D eigenvalue weighted by Crippen LogP contribution is -2.46. The maximum absolute atomic E-state index is 12.7. The van der Waals surface area contributed by atoms with Crippen LogP contribution in [0.15, 0.2) is 24.3 Å². The second kappa shape index (κ2) is 7.66. The molecule has 1 unspecified atom stereocenters. The van der Waals surface area contributed by atoms with Crippen molar-refractivity contribution in [1.82, 2.24) is 15.5 Å². The van der Waals surface area contributed by atoms with Crippen molar-refractivity contribution in [3.63, 3.8) is 0 Å². The fraction of sp³-hybridized carbons (Fsp3) is 0.600. The Morgan fingerprint density at radius 1 is 1.12 bits per heavy atom. The van der Waals surface area contributed by atoms with Gasteiger partial charge in [-0.15, -0.1) is 0 Å². The van der Waals surface area contributed by atoms with Gasteiger partial charge in [0, 0.05) is 49.5 Å². The molecule has 2 heterocycles. The van der Waals surface area contributed by atoms with Crippen molar-refractivity contribution < 1.29 is 9.59 Å². The summed E-state index contributed by atoms with van der Waals surface area (Å²) in [6.07, 6.45) is 7.24. The highest BCUT2D eigenvalue weighted by atomic mass is 16.2. The highest BCUT2D eigenvalue weighted by molar-refractivity contribution is 5.98. The molecule has 2 N–H and O–H groups in total. The Morgan fingerprint density at radius 3 is 2.77 bits per heavy atom. The first-order chi connectivity index (χ1) is 12.7. The standard InChI is InChI=1S/C20H28N4O2/c25-19(22-16-9-12-23(14-16)17-6-1-2-7-17)15-5-3-8-18(13-15)24-11-4-10-21-20(24)26/h3,5,8,13,16-17H,1-2,4,6-7,9-12,14H2,(H,21,26)(H,22,25). The van der Waals surface area contributed by atoms with E-state index < -0.39 is 0 Å². The summed E-state index contributed by atoms with van der Waals surface area (Å²) < 4.78 is 0. The SMILES string of the molecule is O=C(NC1CCN(C2CCCC2)C1)c1cccc(N2CCCNC2=O)c1. The summed E-state index contributed by atoms with van der Waals surface area (Å²) in [4.78, 5) is 29.0. The van der Waals surface area contributed by atoms with Crippen LogP contribution in [0.1, 0.15) is 48.9 Å². The van der Waals surface area contributed by atoms with Gasteiger partial charge in [-0.3, -0.25) is 14.6 Å². The first kappa shape index (κ1) is 17.3. The summed E-state index contributed by atoms with van der Waals surface area (Å²) in [5.41, 5.74) is 1.41. The largest absolute Gasteiger partial charge is 0.348 e. The molecule has 6 nitrogen and oxygen atoms in total. The minimum absolute atomic E-state index is 0.0393. The van der Waals surface area contributed by atoms with Crippen LogP contribution in [0.25, 0.3) is 0 Å². The van der Waals surface area contributed by atoms with E-state index in [9.17, 15) is 9.59 Å². The molecule has 0 radical (unpaired) electrons. The smallest absolute Gasteiger partial charge is 0.321 e. The second-order valence-electron chi connectivity index (χ2n) is 7.68. The normalized spacial score (nSPS) is 24.7. The average molecular weight is 356 g/mol. The molecule has 1 aromatic carbocycles. The van der Waals surface area contributed by atoms with Gasteiger partial charge >= 0.3 is 6.03 Å². The summed E-state index contributed by atoms with van der Waals surface area (Å²) >= 11 is 0. The van der Waals surface area contributed by atoms with Crippen molar-refractivity contribution in [1.29, 1.82) is 0 Å². The lowest BCUT2D eigenvalue weighted by molar-refractivity contribution is 0.0936. The Morgan fingerprint density at radius 2 is 1.96 bits per heavy atom. The van der Waals surface area contributed by atoms with Crippen molar-refractivity contribution in [2.24, 2.45) is 0 Å². The fourth-order valence-corrected chi connectivity index (χ4v) is 4.47. The first-order valence-corrected chi connectivity index (χ1v) is 9.91.